The molecule has 104 valence electrons. The second kappa shape index (κ2) is 6.37. The van der Waals surface area contributed by atoms with Crippen molar-refractivity contribution in [2.45, 2.75) is 46.6 Å². The number of hydrogen-bond acceptors (Lipinski definition) is 3. The zero-order chi connectivity index (χ0) is 14.5. The van der Waals surface area contributed by atoms with Crippen LogP contribution >= 0.6 is 0 Å². The number of aliphatic carboxylic acids is 1. The summed E-state index contributed by atoms with van der Waals surface area (Å²) in [5.74, 6) is -2.30. The molecule has 0 aliphatic rings. The fraction of sp³-hybridized carbons (Fsp3) is 0.750. The van der Waals surface area contributed by atoms with Crippen LogP contribution in [0.5, 0.6) is 0 Å². The van der Waals surface area contributed by atoms with Crippen molar-refractivity contribution >= 4 is 17.8 Å². The van der Waals surface area contributed by atoms with E-state index < -0.39 is 24.3 Å². The minimum atomic E-state index is -1.26. The van der Waals surface area contributed by atoms with Gasteiger partial charge in [-0.15, -0.1) is 0 Å². The van der Waals surface area contributed by atoms with Crippen molar-refractivity contribution in [3.63, 3.8) is 0 Å². The summed E-state index contributed by atoms with van der Waals surface area (Å²) in [6, 6.07) is -1.25. The predicted molar refractivity (Wildman–Crippen MR) is 66.6 cm³/mol. The lowest BCUT2D eigenvalue weighted by molar-refractivity contribution is -0.143. The van der Waals surface area contributed by atoms with Crippen molar-refractivity contribution in [3.05, 3.63) is 0 Å². The third-order valence-corrected chi connectivity index (χ3v) is 3.01. The molecular formula is C12H22N2O4. The van der Waals surface area contributed by atoms with Gasteiger partial charge in [-0.05, 0) is 11.3 Å². The summed E-state index contributed by atoms with van der Waals surface area (Å²) in [5, 5.41) is 11.2. The van der Waals surface area contributed by atoms with Crippen molar-refractivity contribution in [1.82, 2.24) is 5.32 Å². The van der Waals surface area contributed by atoms with E-state index in [2.05, 4.69) is 5.32 Å². The van der Waals surface area contributed by atoms with E-state index in [4.69, 9.17) is 10.8 Å². The Morgan fingerprint density at radius 3 is 2.06 bits per heavy atom. The topological polar surface area (TPSA) is 109 Å². The highest BCUT2D eigenvalue weighted by Crippen LogP contribution is 2.27. The zero-order valence-electron chi connectivity index (χ0n) is 11.3. The lowest BCUT2D eigenvalue weighted by Gasteiger charge is -2.27. The van der Waals surface area contributed by atoms with Gasteiger partial charge in [-0.2, -0.15) is 0 Å². The number of rotatable bonds is 6. The second-order valence-electron chi connectivity index (χ2n) is 5.60. The molecule has 0 saturated carbocycles. The molecule has 6 nitrogen and oxygen atoms in total. The summed E-state index contributed by atoms with van der Waals surface area (Å²) in [7, 11) is 0. The van der Waals surface area contributed by atoms with Crippen molar-refractivity contribution in [2.24, 2.45) is 17.1 Å². The molecule has 0 fully saturated rings. The standard InChI is InChI=1S/C12H22N2O4/c1-7(12(2,3)4)5-10(16)14-8(11(17)18)6-9(13)15/h7-8H,5-6H2,1-4H3,(H2,13,15)(H,14,16)(H,17,18). The van der Waals surface area contributed by atoms with Crippen LogP contribution in [-0.4, -0.2) is 28.9 Å². The molecule has 0 rings (SSSR count). The number of carbonyl (C=O) groups excluding carboxylic acids is 2. The molecule has 0 aromatic carbocycles. The molecule has 0 aliphatic carbocycles. The van der Waals surface area contributed by atoms with Gasteiger partial charge in [-0.25, -0.2) is 4.79 Å². The smallest absolute Gasteiger partial charge is 0.326 e. The molecule has 0 bridgehead atoms. The Balaban J connectivity index is 4.44. The molecule has 2 atom stereocenters. The monoisotopic (exact) mass is 258 g/mol. The molecule has 2 amide bonds. The quantitative estimate of drug-likeness (QED) is 0.644. The van der Waals surface area contributed by atoms with E-state index >= 15 is 0 Å². The normalized spacial score (nSPS) is 14.7. The molecule has 0 aliphatic heterocycles. The number of nitrogens with one attached hydrogen (secondary N) is 1. The van der Waals surface area contributed by atoms with Crippen molar-refractivity contribution in [3.8, 4) is 0 Å². The van der Waals surface area contributed by atoms with Gasteiger partial charge in [0.1, 0.15) is 6.04 Å². The number of hydrogen-bond donors (Lipinski definition) is 3. The Kier molecular flexibility index (Phi) is 5.81. The van der Waals surface area contributed by atoms with E-state index in [1.54, 1.807) is 0 Å². The SMILES string of the molecule is CC(CC(=O)NC(CC(N)=O)C(=O)O)C(C)(C)C. The molecule has 6 heteroatoms. The largest absolute Gasteiger partial charge is 0.480 e. The maximum Gasteiger partial charge on any atom is 0.326 e. The first-order valence-electron chi connectivity index (χ1n) is 5.84. The van der Waals surface area contributed by atoms with Crippen molar-refractivity contribution in [1.29, 1.82) is 0 Å². The number of carbonyl (C=O) groups is 3. The highest BCUT2D eigenvalue weighted by Gasteiger charge is 2.26. The van der Waals surface area contributed by atoms with Crippen LogP contribution in [0.2, 0.25) is 0 Å². The number of amides is 2. The van der Waals surface area contributed by atoms with E-state index in [0.29, 0.717) is 0 Å². The van der Waals surface area contributed by atoms with Gasteiger partial charge >= 0.3 is 5.97 Å². The number of nitrogens with two attached hydrogens (primary N) is 1. The van der Waals surface area contributed by atoms with Crippen molar-refractivity contribution in [2.75, 3.05) is 0 Å². The molecule has 4 N–H and O–H groups in total. The average Bonchev–Trinajstić information content (AvgIpc) is 2.13. The van der Waals surface area contributed by atoms with Gasteiger partial charge in [0, 0.05) is 6.42 Å². The summed E-state index contributed by atoms with van der Waals surface area (Å²) < 4.78 is 0. The fourth-order valence-electron chi connectivity index (χ4n) is 1.24. The van der Waals surface area contributed by atoms with Crippen LogP contribution in [0.4, 0.5) is 0 Å². The Labute approximate surface area is 107 Å². The second-order valence-corrected chi connectivity index (χ2v) is 5.60. The molecule has 0 heterocycles. The van der Waals surface area contributed by atoms with Gasteiger partial charge in [-0.3, -0.25) is 9.59 Å². The summed E-state index contributed by atoms with van der Waals surface area (Å²) in [6.07, 6.45) is -0.184. The van der Waals surface area contributed by atoms with Crippen LogP contribution in [0.25, 0.3) is 0 Å². The van der Waals surface area contributed by atoms with Gasteiger partial charge < -0.3 is 16.2 Å². The van der Waals surface area contributed by atoms with Gasteiger partial charge in [0.25, 0.3) is 0 Å². The zero-order valence-corrected chi connectivity index (χ0v) is 11.3. The van der Waals surface area contributed by atoms with Crippen LogP contribution < -0.4 is 11.1 Å². The Morgan fingerprint density at radius 2 is 1.72 bits per heavy atom. The first-order chi connectivity index (χ1) is 8.04. The maximum atomic E-state index is 11.7. The molecule has 0 radical (unpaired) electrons. The third kappa shape index (κ3) is 6.22. The minimum absolute atomic E-state index is 0.0419. The first-order valence-corrected chi connectivity index (χ1v) is 5.84. The molecule has 0 spiro atoms. The Hall–Kier alpha value is -1.59. The highest BCUT2D eigenvalue weighted by atomic mass is 16.4. The number of carboxylic acids is 1. The van der Waals surface area contributed by atoms with Gasteiger partial charge in [0.15, 0.2) is 0 Å². The van der Waals surface area contributed by atoms with Crippen LogP contribution in [0.15, 0.2) is 0 Å². The van der Waals surface area contributed by atoms with E-state index in [0.717, 1.165) is 0 Å². The molecule has 18 heavy (non-hydrogen) atoms. The van der Waals surface area contributed by atoms with Crippen LogP contribution in [0, 0.1) is 11.3 Å². The van der Waals surface area contributed by atoms with Crippen molar-refractivity contribution < 1.29 is 19.5 Å². The summed E-state index contributed by atoms with van der Waals surface area (Å²) >= 11 is 0. The minimum Gasteiger partial charge on any atom is -0.480 e. The molecule has 2 unspecified atom stereocenters. The van der Waals surface area contributed by atoms with Gasteiger partial charge in [0.2, 0.25) is 11.8 Å². The van der Waals surface area contributed by atoms with Crippen LogP contribution in [0.3, 0.4) is 0 Å². The van der Waals surface area contributed by atoms with E-state index in [1.807, 2.05) is 27.7 Å². The Bertz CT molecular complexity index is 333. The molecule has 0 aromatic heterocycles. The number of primary amides is 1. The fourth-order valence-corrected chi connectivity index (χ4v) is 1.24. The Morgan fingerprint density at radius 1 is 1.22 bits per heavy atom. The predicted octanol–water partition coefficient (Wildman–Crippen LogP) is 0.503. The third-order valence-electron chi connectivity index (χ3n) is 3.01. The first kappa shape index (κ1) is 16.4. The van der Waals surface area contributed by atoms with E-state index in [1.165, 1.54) is 0 Å². The molecule has 0 saturated heterocycles. The summed E-state index contributed by atoms with van der Waals surface area (Å²) in [4.78, 5) is 33.2. The van der Waals surface area contributed by atoms with Crippen LogP contribution in [0.1, 0.15) is 40.5 Å². The summed E-state index contributed by atoms with van der Waals surface area (Å²) in [6.45, 7) is 7.93. The summed E-state index contributed by atoms with van der Waals surface area (Å²) in [5.41, 5.74) is 4.88. The highest BCUT2D eigenvalue weighted by molar-refractivity contribution is 5.88. The van der Waals surface area contributed by atoms with Crippen LogP contribution in [-0.2, 0) is 14.4 Å². The maximum absolute atomic E-state index is 11.7. The number of carboxylic acid groups (broad SMARTS) is 1. The molecular weight excluding hydrogens is 236 g/mol. The average molecular weight is 258 g/mol. The lowest BCUT2D eigenvalue weighted by atomic mass is 9.80. The molecule has 0 aromatic rings. The van der Waals surface area contributed by atoms with E-state index in [9.17, 15) is 14.4 Å². The van der Waals surface area contributed by atoms with Gasteiger partial charge in [0.05, 0.1) is 6.42 Å². The van der Waals surface area contributed by atoms with Gasteiger partial charge in [-0.1, -0.05) is 27.7 Å². The van der Waals surface area contributed by atoms with E-state index in [-0.39, 0.29) is 23.7 Å². The lowest BCUT2D eigenvalue weighted by Crippen LogP contribution is -2.44.